The molecule has 3 aromatic carbocycles. The number of benzene rings is 3. The van der Waals surface area contributed by atoms with E-state index in [0.717, 1.165) is 23.1 Å². The van der Waals surface area contributed by atoms with Crippen LogP contribution in [0.2, 0.25) is 6.32 Å². The smallest absolute Gasteiger partial charge is 0.123 e. The minimum Gasteiger partial charge on any atom is -0.345 e. The molecule has 28 heavy (non-hydrogen) atoms. The zero-order chi connectivity index (χ0) is 19.8. The lowest BCUT2D eigenvalue weighted by atomic mass is 9.81. The third kappa shape index (κ3) is 5.16. The lowest BCUT2D eigenvalue weighted by Gasteiger charge is -2.16. The Morgan fingerprint density at radius 3 is 1.89 bits per heavy atom. The minimum atomic E-state index is -0.252. The average Bonchev–Trinajstić information content (AvgIpc) is 3.25. The van der Waals surface area contributed by atoms with Gasteiger partial charge in [-0.15, -0.1) is 0 Å². The Labute approximate surface area is 164 Å². The van der Waals surface area contributed by atoms with Crippen LogP contribution < -0.4 is 0 Å². The molecule has 0 unspecified atom stereocenters. The Morgan fingerprint density at radius 2 is 1.43 bits per heavy atom. The third-order valence-corrected chi connectivity index (χ3v) is 4.49. The number of hydrogen-bond acceptors (Lipinski definition) is 1. The van der Waals surface area contributed by atoms with Crippen LogP contribution in [0.15, 0.2) is 91.4 Å². The van der Waals surface area contributed by atoms with Crippen LogP contribution in [0.5, 0.6) is 0 Å². The first-order valence-corrected chi connectivity index (χ1v) is 9.22. The molecule has 5 heteroatoms. The van der Waals surface area contributed by atoms with Crippen LogP contribution in [0.1, 0.15) is 17.0 Å². The van der Waals surface area contributed by atoms with Gasteiger partial charge in [0.2, 0.25) is 0 Å². The SMILES string of the molecule is BCC(c1cccc(F)c1)c1cccc(F)c1.c1ccc(-c2cnc[nH]2)cc1. The van der Waals surface area contributed by atoms with Gasteiger partial charge in [-0.3, -0.25) is 0 Å². The molecule has 0 saturated carbocycles. The molecule has 0 aliphatic carbocycles. The summed E-state index contributed by atoms with van der Waals surface area (Å²) in [6, 6.07) is 23.1. The zero-order valence-corrected chi connectivity index (χ0v) is 15.6. The van der Waals surface area contributed by atoms with E-state index in [1.54, 1.807) is 18.5 Å². The summed E-state index contributed by atoms with van der Waals surface area (Å²) in [7, 11) is 2.01. The van der Waals surface area contributed by atoms with Gasteiger partial charge in [-0.25, -0.2) is 13.8 Å². The minimum absolute atomic E-state index is 0.0430. The molecule has 0 amide bonds. The van der Waals surface area contributed by atoms with Gasteiger partial charge in [0.25, 0.3) is 0 Å². The van der Waals surface area contributed by atoms with E-state index < -0.39 is 0 Å². The first kappa shape index (κ1) is 19.6. The van der Waals surface area contributed by atoms with E-state index in [1.165, 1.54) is 29.8 Å². The standard InChI is InChI=1S/C14H13BF2.C9H8N2/c15-9-14(10-3-1-5-12(16)7-10)11-4-2-6-13(17)8-11;1-2-4-8(5-3-1)9-6-10-7-11-9/h1-8,14H,9,15H2;1-7H,(H,10,11). The quantitative estimate of drug-likeness (QED) is 0.487. The fraction of sp³-hybridized carbons (Fsp3) is 0.0870. The molecule has 0 aliphatic rings. The predicted molar refractivity (Wildman–Crippen MR) is 112 cm³/mol. The van der Waals surface area contributed by atoms with E-state index >= 15 is 0 Å². The van der Waals surface area contributed by atoms with Gasteiger partial charge >= 0.3 is 0 Å². The molecule has 0 radical (unpaired) electrons. The fourth-order valence-corrected chi connectivity index (χ4v) is 3.14. The van der Waals surface area contributed by atoms with Gasteiger partial charge in [0.15, 0.2) is 0 Å². The summed E-state index contributed by atoms with van der Waals surface area (Å²) >= 11 is 0. The van der Waals surface area contributed by atoms with Crippen LogP contribution >= 0.6 is 0 Å². The number of hydrogen-bond donors (Lipinski definition) is 1. The average molecular weight is 374 g/mol. The normalized spacial score (nSPS) is 10.4. The molecule has 1 N–H and O–H groups in total. The molecule has 2 nitrogen and oxygen atoms in total. The van der Waals surface area contributed by atoms with Crippen molar-refractivity contribution < 1.29 is 8.78 Å². The maximum atomic E-state index is 13.2. The summed E-state index contributed by atoms with van der Waals surface area (Å²) in [4.78, 5) is 6.99. The maximum Gasteiger partial charge on any atom is 0.123 e. The molecule has 1 heterocycles. The van der Waals surface area contributed by atoms with Crippen molar-refractivity contribution in [2.45, 2.75) is 12.2 Å². The van der Waals surface area contributed by atoms with Gasteiger partial charge in [-0.1, -0.05) is 60.9 Å². The van der Waals surface area contributed by atoms with Gasteiger partial charge in [-0.05, 0) is 41.0 Å². The molecule has 0 atom stereocenters. The molecule has 0 bridgehead atoms. The number of nitrogens with zero attached hydrogens (tertiary/aromatic N) is 1. The second-order valence-corrected chi connectivity index (χ2v) is 6.40. The molecule has 4 rings (SSSR count). The summed E-state index contributed by atoms with van der Waals surface area (Å²) in [6.45, 7) is 0. The van der Waals surface area contributed by atoms with Crippen molar-refractivity contribution >= 4 is 7.85 Å². The van der Waals surface area contributed by atoms with Crippen LogP contribution in [0.3, 0.4) is 0 Å². The highest BCUT2D eigenvalue weighted by molar-refractivity contribution is 6.09. The Bertz CT molecular complexity index is 943. The predicted octanol–water partition coefficient (Wildman–Crippen LogP) is 5.22. The lowest BCUT2D eigenvalue weighted by molar-refractivity contribution is 0.621. The number of aromatic amines is 1. The Hall–Kier alpha value is -3.21. The van der Waals surface area contributed by atoms with Crippen molar-refractivity contribution in [3.63, 3.8) is 0 Å². The van der Waals surface area contributed by atoms with Gasteiger partial charge in [-0.2, -0.15) is 0 Å². The number of aromatic nitrogens is 2. The number of halogens is 2. The highest BCUT2D eigenvalue weighted by Gasteiger charge is 2.12. The van der Waals surface area contributed by atoms with E-state index in [4.69, 9.17) is 0 Å². The van der Waals surface area contributed by atoms with E-state index in [-0.39, 0.29) is 17.6 Å². The second-order valence-electron chi connectivity index (χ2n) is 6.40. The molecule has 140 valence electrons. The summed E-state index contributed by atoms with van der Waals surface area (Å²) < 4.78 is 26.4. The third-order valence-electron chi connectivity index (χ3n) is 4.49. The summed E-state index contributed by atoms with van der Waals surface area (Å²) in [6.07, 6.45) is 4.31. The largest absolute Gasteiger partial charge is 0.345 e. The summed E-state index contributed by atoms with van der Waals surface area (Å²) in [5.41, 5.74) is 4.01. The van der Waals surface area contributed by atoms with Gasteiger partial charge in [0.05, 0.1) is 18.2 Å². The molecule has 0 aliphatic heterocycles. The molecular weight excluding hydrogens is 353 g/mol. The topological polar surface area (TPSA) is 28.7 Å². The van der Waals surface area contributed by atoms with Gasteiger partial charge < -0.3 is 4.98 Å². The van der Waals surface area contributed by atoms with Crippen molar-refractivity contribution in [1.82, 2.24) is 9.97 Å². The zero-order valence-electron chi connectivity index (χ0n) is 15.6. The van der Waals surface area contributed by atoms with E-state index in [9.17, 15) is 8.78 Å². The Kier molecular flexibility index (Phi) is 6.74. The molecule has 0 fully saturated rings. The van der Waals surface area contributed by atoms with Crippen LogP contribution in [0.25, 0.3) is 11.3 Å². The van der Waals surface area contributed by atoms with Crippen LogP contribution in [-0.2, 0) is 0 Å². The van der Waals surface area contributed by atoms with Crippen molar-refractivity contribution in [3.05, 3.63) is 114 Å². The monoisotopic (exact) mass is 374 g/mol. The highest BCUT2D eigenvalue weighted by atomic mass is 19.1. The van der Waals surface area contributed by atoms with Gasteiger partial charge in [0, 0.05) is 5.92 Å². The van der Waals surface area contributed by atoms with Crippen LogP contribution in [0.4, 0.5) is 8.78 Å². The van der Waals surface area contributed by atoms with Crippen molar-refractivity contribution in [3.8, 4) is 11.3 Å². The van der Waals surface area contributed by atoms with Crippen molar-refractivity contribution in [1.29, 1.82) is 0 Å². The first-order chi connectivity index (χ1) is 13.7. The Morgan fingerprint density at radius 1 is 0.821 bits per heavy atom. The molecule has 0 spiro atoms. The molecule has 4 aromatic rings. The van der Waals surface area contributed by atoms with E-state index in [0.29, 0.717) is 0 Å². The maximum absolute atomic E-state index is 13.2. The molecule has 1 aromatic heterocycles. The lowest BCUT2D eigenvalue weighted by Crippen LogP contribution is -2.01. The Balaban J connectivity index is 0.000000176. The van der Waals surface area contributed by atoms with E-state index in [2.05, 4.69) is 9.97 Å². The number of imidazole rings is 1. The highest BCUT2D eigenvalue weighted by Crippen LogP contribution is 2.28. The number of nitrogens with one attached hydrogen (secondary N) is 1. The molecular formula is C23H21BF2N2. The van der Waals surface area contributed by atoms with Crippen molar-refractivity contribution in [2.24, 2.45) is 0 Å². The van der Waals surface area contributed by atoms with Crippen molar-refractivity contribution in [2.75, 3.05) is 0 Å². The number of rotatable bonds is 4. The van der Waals surface area contributed by atoms with Crippen LogP contribution in [0, 0.1) is 11.6 Å². The summed E-state index contributed by atoms with van der Waals surface area (Å²) in [5, 5.41) is 0. The second kappa shape index (κ2) is 9.65. The first-order valence-electron chi connectivity index (χ1n) is 9.22. The van der Waals surface area contributed by atoms with Gasteiger partial charge in [0.1, 0.15) is 19.5 Å². The molecule has 0 saturated heterocycles. The fourth-order valence-electron chi connectivity index (χ4n) is 3.14. The van der Waals surface area contributed by atoms with E-state index in [1.807, 2.05) is 56.5 Å². The number of H-pyrrole nitrogens is 1. The summed E-state index contributed by atoms with van der Waals surface area (Å²) in [5.74, 6) is -0.462. The van der Waals surface area contributed by atoms with Crippen LogP contribution in [-0.4, -0.2) is 17.8 Å².